The van der Waals surface area contributed by atoms with Gasteiger partial charge in [0.2, 0.25) is 23.6 Å². The van der Waals surface area contributed by atoms with E-state index in [-0.39, 0.29) is 66.3 Å². The second-order valence-electron chi connectivity index (χ2n) is 14.9. The topological polar surface area (TPSA) is 129 Å². The number of rotatable bonds is 20. The molecular formula is C38H63F2N5O6S. The molecule has 14 heteroatoms. The van der Waals surface area contributed by atoms with Crippen LogP contribution in [0.15, 0.2) is 18.2 Å². The number of carbonyl (C=O) groups excluding carboxylic acids is 4. The van der Waals surface area contributed by atoms with Gasteiger partial charge in [0.25, 0.3) is 0 Å². The summed E-state index contributed by atoms with van der Waals surface area (Å²) in [5.41, 5.74) is -0.965. The van der Waals surface area contributed by atoms with Gasteiger partial charge in [-0.1, -0.05) is 61.0 Å². The molecule has 3 N–H and O–H groups in total. The molecule has 0 bridgehead atoms. The van der Waals surface area contributed by atoms with Crippen LogP contribution in [-0.2, 0) is 35.1 Å². The van der Waals surface area contributed by atoms with E-state index >= 15 is 0 Å². The fourth-order valence-corrected chi connectivity index (χ4v) is 8.74. The minimum atomic E-state index is -0.871. The number of thioether (sulfide) groups is 1. The first kappa shape index (κ1) is 45.3. The first-order valence-corrected chi connectivity index (χ1v) is 19.5. The number of nitrogens with one attached hydrogen (secondary N) is 3. The Morgan fingerprint density at radius 1 is 0.981 bits per heavy atom. The lowest BCUT2D eigenvalue weighted by atomic mass is 9.84. The van der Waals surface area contributed by atoms with Crippen molar-refractivity contribution in [3.8, 4) is 0 Å². The summed E-state index contributed by atoms with van der Waals surface area (Å²) < 4.78 is 40.1. The van der Waals surface area contributed by atoms with Gasteiger partial charge in [0.15, 0.2) is 0 Å². The van der Waals surface area contributed by atoms with Crippen LogP contribution in [0, 0.1) is 35.3 Å². The van der Waals surface area contributed by atoms with Crippen LogP contribution in [0.1, 0.15) is 73.8 Å². The normalized spacial score (nSPS) is 20.2. The summed E-state index contributed by atoms with van der Waals surface area (Å²) in [7, 11) is 6.45. The summed E-state index contributed by atoms with van der Waals surface area (Å²) in [6, 6.07) is 1.92. The van der Waals surface area contributed by atoms with E-state index in [0.29, 0.717) is 18.1 Å². The van der Waals surface area contributed by atoms with Crippen LogP contribution in [0.3, 0.4) is 0 Å². The van der Waals surface area contributed by atoms with E-state index in [4.69, 9.17) is 9.47 Å². The van der Waals surface area contributed by atoms with E-state index in [9.17, 15) is 28.0 Å². The molecule has 2 rings (SSSR count). The molecule has 0 radical (unpaired) electrons. The average Bonchev–Trinajstić information content (AvgIpc) is 3.49. The Morgan fingerprint density at radius 3 is 2.08 bits per heavy atom. The van der Waals surface area contributed by atoms with Gasteiger partial charge in [-0.3, -0.25) is 19.2 Å². The lowest BCUT2D eigenvalue weighted by Crippen LogP contribution is -2.61. The summed E-state index contributed by atoms with van der Waals surface area (Å²) >= 11 is 1.55. The lowest BCUT2D eigenvalue weighted by molar-refractivity contribution is -0.151. The van der Waals surface area contributed by atoms with Gasteiger partial charge in [-0.05, 0) is 50.3 Å². The van der Waals surface area contributed by atoms with Crippen LogP contribution in [0.5, 0.6) is 0 Å². The zero-order chi connectivity index (χ0) is 39.5. The fourth-order valence-electron chi connectivity index (χ4n) is 7.29. The highest BCUT2D eigenvalue weighted by Gasteiger charge is 2.50. The Balaban J connectivity index is 2.27. The molecule has 296 valence electrons. The molecule has 11 nitrogen and oxygen atoms in total. The molecule has 52 heavy (non-hydrogen) atoms. The molecule has 1 aromatic rings. The monoisotopic (exact) mass is 755 g/mol. The second kappa shape index (κ2) is 20.6. The molecule has 1 heterocycles. The van der Waals surface area contributed by atoms with Crippen LogP contribution in [0.25, 0.3) is 0 Å². The number of ether oxygens (including phenoxy) is 2. The molecule has 1 aliphatic rings. The van der Waals surface area contributed by atoms with Crippen LogP contribution in [0.2, 0.25) is 0 Å². The Labute approximate surface area is 314 Å². The van der Waals surface area contributed by atoms with Crippen molar-refractivity contribution >= 4 is 35.4 Å². The third kappa shape index (κ3) is 10.9. The van der Waals surface area contributed by atoms with Crippen LogP contribution >= 0.6 is 11.8 Å². The summed E-state index contributed by atoms with van der Waals surface area (Å²) in [5.74, 6) is -2.47. The number of hydrogen-bond donors (Lipinski definition) is 3. The fraction of sp³-hybridized carbons (Fsp3) is 0.737. The molecule has 0 spiro atoms. The first-order chi connectivity index (χ1) is 24.4. The van der Waals surface area contributed by atoms with E-state index in [0.717, 1.165) is 0 Å². The van der Waals surface area contributed by atoms with Crippen LogP contribution in [-0.4, -0.2) is 116 Å². The maximum atomic E-state index is 14.2. The SMILES string of the molecule is CCC(C)[C@@H]([C@@H](CC(=O)N1CSC[C@@]1(C)[C@H](OC)[C@@H](C)C(=O)NCCc1c(F)cccc1F)OC)N(C)C(=O)[C@@H](NC(=O)[C@@H](NC)C(C)C)C(C)C. The number of carbonyl (C=O) groups is 4. The van der Waals surface area contributed by atoms with E-state index in [1.807, 2.05) is 48.5 Å². The van der Waals surface area contributed by atoms with Gasteiger partial charge in [-0.15, -0.1) is 11.8 Å². The largest absolute Gasteiger partial charge is 0.379 e. The van der Waals surface area contributed by atoms with Crippen molar-refractivity contribution in [1.29, 1.82) is 0 Å². The number of methoxy groups -OCH3 is 2. The predicted octanol–water partition coefficient (Wildman–Crippen LogP) is 4.23. The van der Waals surface area contributed by atoms with E-state index in [1.165, 1.54) is 32.4 Å². The van der Waals surface area contributed by atoms with Crippen molar-refractivity contribution < 1.29 is 37.4 Å². The molecule has 1 aliphatic heterocycles. The highest BCUT2D eigenvalue weighted by molar-refractivity contribution is 7.99. The number of nitrogens with zero attached hydrogens (tertiary/aromatic N) is 2. The van der Waals surface area contributed by atoms with Crippen LogP contribution < -0.4 is 16.0 Å². The summed E-state index contributed by atoms with van der Waals surface area (Å²) in [5, 5.41) is 8.78. The summed E-state index contributed by atoms with van der Waals surface area (Å²) in [6.45, 7) is 15.3. The lowest BCUT2D eigenvalue weighted by Gasteiger charge is -2.44. The predicted molar refractivity (Wildman–Crippen MR) is 201 cm³/mol. The Morgan fingerprint density at radius 2 is 1.58 bits per heavy atom. The number of hydrogen-bond acceptors (Lipinski definition) is 8. The van der Waals surface area contributed by atoms with Gasteiger partial charge in [0, 0.05) is 39.1 Å². The molecule has 1 saturated heterocycles. The molecule has 4 amide bonds. The highest BCUT2D eigenvalue weighted by atomic mass is 32.2. The van der Waals surface area contributed by atoms with Gasteiger partial charge in [0.1, 0.15) is 17.7 Å². The van der Waals surface area contributed by atoms with Crippen LogP contribution in [0.4, 0.5) is 8.78 Å². The molecule has 1 fully saturated rings. The molecule has 0 saturated carbocycles. The highest BCUT2D eigenvalue weighted by Crippen LogP contribution is 2.38. The zero-order valence-corrected chi connectivity index (χ0v) is 34.0. The van der Waals surface area contributed by atoms with Crippen molar-refractivity contribution in [2.24, 2.45) is 23.7 Å². The standard InChI is InChI=1S/C38H63F2N5O6S/c1-13-24(6)33(44(10)37(49)32(23(4)5)43-36(48)31(41-9)22(2)3)29(50-11)19-30(46)45-21-52-20-38(45,8)34(51-12)25(7)35(47)42-18-17-26-27(39)15-14-16-28(26)40/h14-16,22-25,29,31-34,41H,13,17-21H2,1-12H3,(H,42,47)(H,43,48)/t24?,25-,29-,31+,32+,33+,34-,38+/m1/s1. The van der Waals surface area contributed by atoms with Gasteiger partial charge in [-0.2, -0.15) is 0 Å². The van der Waals surface area contributed by atoms with Crippen molar-refractivity contribution in [3.63, 3.8) is 0 Å². The Hall–Kier alpha value is -2.81. The van der Waals surface area contributed by atoms with Crippen molar-refractivity contribution in [3.05, 3.63) is 35.4 Å². The number of benzene rings is 1. The molecule has 8 atom stereocenters. The Kier molecular flexibility index (Phi) is 18.0. The smallest absolute Gasteiger partial charge is 0.245 e. The van der Waals surface area contributed by atoms with Crippen molar-refractivity contribution in [1.82, 2.24) is 25.8 Å². The number of amides is 4. The molecular weight excluding hydrogens is 693 g/mol. The first-order valence-electron chi connectivity index (χ1n) is 18.3. The summed E-state index contributed by atoms with van der Waals surface area (Å²) in [4.78, 5) is 58.2. The van der Waals surface area contributed by atoms with Crippen molar-refractivity contribution in [2.45, 2.75) is 111 Å². The summed E-state index contributed by atoms with van der Waals surface area (Å²) in [6.07, 6.45) is -0.703. The van der Waals surface area contributed by atoms with Crippen molar-refractivity contribution in [2.75, 3.05) is 46.5 Å². The third-order valence-corrected chi connectivity index (χ3v) is 11.8. The maximum Gasteiger partial charge on any atom is 0.245 e. The maximum absolute atomic E-state index is 14.2. The average molecular weight is 756 g/mol. The molecule has 0 aromatic heterocycles. The minimum absolute atomic E-state index is 0.0161. The van der Waals surface area contributed by atoms with E-state index in [1.54, 1.807) is 42.6 Å². The number of halogens is 2. The van der Waals surface area contributed by atoms with Gasteiger partial charge in [-0.25, -0.2) is 8.78 Å². The number of likely N-dealkylation sites (N-methyl/N-ethyl adjacent to an activating group) is 2. The quantitative estimate of drug-likeness (QED) is 0.181. The van der Waals surface area contributed by atoms with E-state index in [2.05, 4.69) is 16.0 Å². The van der Waals surface area contributed by atoms with Gasteiger partial charge < -0.3 is 35.2 Å². The van der Waals surface area contributed by atoms with E-state index < -0.39 is 53.4 Å². The minimum Gasteiger partial charge on any atom is -0.379 e. The third-order valence-electron chi connectivity index (χ3n) is 10.6. The molecule has 0 aliphatic carbocycles. The van der Waals surface area contributed by atoms with Gasteiger partial charge >= 0.3 is 0 Å². The van der Waals surface area contributed by atoms with Gasteiger partial charge in [0.05, 0.1) is 48.0 Å². The second-order valence-corrected chi connectivity index (χ2v) is 15.8. The Bertz CT molecular complexity index is 1330. The molecule has 1 aromatic carbocycles. The zero-order valence-electron chi connectivity index (χ0n) is 33.2. The molecule has 1 unspecified atom stereocenters.